The number of aromatic hydroxyl groups is 1. The van der Waals surface area contributed by atoms with E-state index in [4.69, 9.17) is 4.74 Å². The third kappa shape index (κ3) is 2.49. The lowest BCUT2D eigenvalue weighted by molar-refractivity contribution is -0.698. The van der Waals surface area contributed by atoms with Crippen molar-refractivity contribution >= 4 is 0 Å². The molecular formula is C17H20NO2+. The average Bonchev–Trinajstić information content (AvgIpc) is 2.48. The smallest absolute Gasteiger partial charge is 0.160 e. The van der Waals surface area contributed by atoms with Crippen LogP contribution in [0.1, 0.15) is 22.7 Å². The van der Waals surface area contributed by atoms with Gasteiger partial charge < -0.3 is 15.2 Å². The Hall–Kier alpha value is -2.00. The molecule has 0 saturated carbocycles. The summed E-state index contributed by atoms with van der Waals surface area (Å²) in [6.07, 6.45) is 2.01. The summed E-state index contributed by atoms with van der Waals surface area (Å²) in [5.41, 5.74) is 3.86. The van der Waals surface area contributed by atoms with Crippen molar-refractivity contribution in [2.75, 3.05) is 13.7 Å². The first kappa shape index (κ1) is 13.0. The second-order valence-corrected chi connectivity index (χ2v) is 5.29. The van der Waals surface area contributed by atoms with Gasteiger partial charge in [-0.15, -0.1) is 0 Å². The molecule has 0 fully saturated rings. The molecule has 0 amide bonds. The molecule has 20 heavy (non-hydrogen) atoms. The molecule has 2 aromatic carbocycles. The Morgan fingerprint density at radius 2 is 2.05 bits per heavy atom. The number of ether oxygens (including phenoxy) is 1. The number of methoxy groups -OCH3 is 1. The lowest BCUT2D eigenvalue weighted by Gasteiger charge is -2.25. The van der Waals surface area contributed by atoms with E-state index in [0.29, 0.717) is 11.8 Å². The number of quaternary nitrogens is 1. The van der Waals surface area contributed by atoms with E-state index in [1.807, 2.05) is 18.2 Å². The zero-order chi connectivity index (χ0) is 13.9. The van der Waals surface area contributed by atoms with Gasteiger partial charge in [-0.05, 0) is 23.3 Å². The van der Waals surface area contributed by atoms with Crippen LogP contribution < -0.4 is 10.1 Å². The van der Waals surface area contributed by atoms with Crippen LogP contribution in [-0.2, 0) is 12.8 Å². The van der Waals surface area contributed by atoms with Gasteiger partial charge in [-0.1, -0.05) is 30.3 Å². The second kappa shape index (κ2) is 5.55. The Morgan fingerprint density at radius 1 is 1.25 bits per heavy atom. The topological polar surface area (TPSA) is 46.1 Å². The molecule has 0 saturated heterocycles. The highest BCUT2D eigenvalue weighted by molar-refractivity contribution is 5.48. The number of hydrogen-bond donors (Lipinski definition) is 2. The van der Waals surface area contributed by atoms with Gasteiger partial charge in [0.2, 0.25) is 0 Å². The number of benzene rings is 2. The van der Waals surface area contributed by atoms with Gasteiger partial charge in [0.1, 0.15) is 6.04 Å². The first-order valence-corrected chi connectivity index (χ1v) is 7.05. The van der Waals surface area contributed by atoms with Crippen molar-refractivity contribution in [3.05, 3.63) is 59.2 Å². The van der Waals surface area contributed by atoms with Crippen molar-refractivity contribution in [3.8, 4) is 11.5 Å². The van der Waals surface area contributed by atoms with Gasteiger partial charge >= 0.3 is 0 Å². The van der Waals surface area contributed by atoms with E-state index in [0.717, 1.165) is 19.4 Å². The summed E-state index contributed by atoms with van der Waals surface area (Å²) in [5, 5.41) is 12.4. The zero-order valence-corrected chi connectivity index (χ0v) is 11.7. The monoisotopic (exact) mass is 270 g/mol. The fourth-order valence-electron chi connectivity index (χ4n) is 2.98. The van der Waals surface area contributed by atoms with Crippen LogP contribution in [0.15, 0.2) is 42.5 Å². The Labute approximate surface area is 119 Å². The predicted octanol–water partition coefficient (Wildman–Crippen LogP) is 1.80. The van der Waals surface area contributed by atoms with Crippen molar-refractivity contribution < 1.29 is 15.2 Å². The van der Waals surface area contributed by atoms with Gasteiger partial charge in [0.05, 0.1) is 13.7 Å². The minimum absolute atomic E-state index is 0.236. The highest BCUT2D eigenvalue weighted by Crippen LogP contribution is 2.33. The van der Waals surface area contributed by atoms with Crippen LogP contribution in [0.5, 0.6) is 11.5 Å². The molecule has 0 aromatic heterocycles. The number of phenolic OH excluding ortho intramolecular Hbond substituents is 1. The largest absolute Gasteiger partial charge is 0.504 e. The summed E-state index contributed by atoms with van der Waals surface area (Å²) < 4.78 is 5.20. The first-order chi connectivity index (χ1) is 9.78. The average molecular weight is 270 g/mol. The standard InChI is InChI=1S/C17H19NO2/c1-20-17-10-13-7-8-18-15(14(13)11-16(17)19)9-12-5-3-2-4-6-12/h2-6,10-11,15,18-19H,7-9H2,1H3/p+1/t15-/m1/s1. The fourth-order valence-corrected chi connectivity index (χ4v) is 2.98. The summed E-state index contributed by atoms with van der Waals surface area (Å²) in [6.45, 7) is 1.08. The second-order valence-electron chi connectivity index (χ2n) is 5.29. The molecule has 2 aromatic rings. The molecule has 3 nitrogen and oxygen atoms in total. The van der Waals surface area contributed by atoms with E-state index in [2.05, 4.69) is 29.6 Å². The molecule has 1 aliphatic rings. The summed E-state index contributed by atoms with van der Waals surface area (Å²) in [5.74, 6) is 0.809. The molecule has 1 atom stereocenters. The maximum absolute atomic E-state index is 10.0. The first-order valence-electron chi connectivity index (χ1n) is 7.05. The molecule has 3 N–H and O–H groups in total. The predicted molar refractivity (Wildman–Crippen MR) is 78.0 cm³/mol. The summed E-state index contributed by atoms with van der Waals surface area (Å²) in [4.78, 5) is 0. The van der Waals surface area contributed by atoms with Crippen LogP contribution >= 0.6 is 0 Å². The van der Waals surface area contributed by atoms with Crippen LogP contribution in [0, 0.1) is 0 Å². The van der Waals surface area contributed by atoms with Crippen LogP contribution in [0.3, 0.4) is 0 Å². The third-order valence-corrected chi connectivity index (χ3v) is 4.00. The van der Waals surface area contributed by atoms with Gasteiger partial charge in [0.15, 0.2) is 11.5 Å². The molecular weight excluding hydrogens is 250 g/mol. The Morgan fingerprint density at radius 3 is 2.80 bits per heavy atom. The number of nitrogens with two attached hydrogens (primary N) is 1. The molecule has 104 valence electrons. The van der Waals surface area contributed by atoms with Crippen molar-refractivity contribution in [2.24, 2.45) is 0 Å². The van der Waals surface area contributed by atoms with Gasteiger partial charge in [0.25, 0.3) is 0 Å². The van der Waals surface area contributed by atoms with Gasteiger partial charge in [-0.3, -0.25) is 0 Å². The summed E-state index contributed by atoms with van der Waals surface area (Å²) in [7, 11) is 1.60. The Balaban J connectivity index is 1.91. The lowest BCUT2D eigenvalue weighted by Crippen LogP contribution is -2.87. The van der Waals surface area contributed by atoms with Crippen LogP contribution in [0.2, 0.25) is 0 Å². The molecule has 1 heterocycles. The molecule has 0 aliphatic carbocycles. The Bertz CT molecular complexity index is 595. The van der Waals surface area contributed by atoms with E-state index in [-0.39, 0.29) is 5.75 Å². The highest BCUT2D eigenvalue weighted by Gasteiger charge is 2.25. The van der Waals surface area contributed by atoms with Crippen LogP contribution in [0.4, 0.5) is 0 Å². The van der Waals surface area contributed by atoms with E-state index < -0.39 is 0 Å². The summed E-state index contributed by atoms with van der Waals surface area (Å²) in [6, 6.07) is 14.7. The molecule has 0 spiro atoms. The van der Waals surface area contributed by atoms with Gasteiger partial charge in [-0.25, -0.2) is 0 Å². The van der Waals surface area contributed by atoms with E-state index in [9.17, 15) is 5.11 Å². The number of hydrogen-bond acceptors (Lipinski definition) is 2. The van der Waals surface area contributed by atoms with Gasteiger partial charge in [0, 0.05) is 18.4 Å². The minimum Gasteiger partial charge on any atom is -0.504 e. The SMILES string of the molecule is COc1cc2c(cc1O)[C@@H](Cc1ccccc1)[NH2+]CC2. The van der Waals surface area contributed by atoms with Crippen molar-refractivity contribution in [2.45, 2.75) is 18.9 Å². The highest BCUT2D eigenvalue weighted by atomic mass is 16.5. The zero-order valence-electron chi connectivity index (χ0n) is 11.7. The minimum atomic E-state index is 0.236. The van der Waals surface area contributed by atoms with Crippen molar-refractivity contribution in [1.29, 1.82) is 0 Å². The number of rotatable bonds is 3. The van der Waals surface area contributed by atoms with E-state index in [1.165, 1.54) is 16.7 Å². The van der Waals surface area contributed by atoms with Crippen molar-refractivity contribution in [3.63, 3.8) is 0 Å². The molecule has 3 heteroatoms. The lowest BCUT2D eigenvalue weighted by atomic mass is 9.90. The summed E-state index contributed by atoms with van der Waals surface area (Å²) >= 11 is 0. The maximum Gasteiger partial charge on any atom is 0.160 e. The molecule has 0 radical (unpaired) electrons. The quantitative estimate of drug-likeness (QED) is 0.893. The molecule has 0 bridgehead atoms. The fraction of sp³-hybridized carbons (Fsp3) is 0.294. The third-order valence-electron chi connectivity index (χ3n) is 4.00. The van der Waals surface area contributed by atoms with Crippen LogP contribution in [0.25, 0.3) is 0 Å². The molecule has 0 unspecified atom stereocenters. The van der Waals surface area contributed by atoms with E-state index in [1.54, 1.807) is 7.11 Å². The maximum atomic E-state index is 10.0. The number of fused-ring (bicyclic) bond motifs is 1. The molecule has 3 rings (SSSR count). The normalized spacial score (nSPS) is 17.6. The molecule has 1 aliphatic heterocycles. The number of phenols is 1. The Kier molecular flexibility index (Phi) is 3.61. The van der Waals surface area contributed by atoms with E-state index >= 15 is 0 Å². The van der Waals surface area contributed by atoms with Crippen LogP contribution in [-0.4, -0.2) is 18.8 Å². The van der Waals surface area contributed by atoms with Gasteiger partial charge in [-0.2, -0.15) is 0 Å². The van der Waals surface area contributed by atoms with Crippen molar-refractivity contribution in [1.82, 2.24) is 0 Å².